The number of Topliss-reactive ketones (excluding diaryl/α,β-unsaturated/α-hetero) is 1. The Bertz CT molecular complexity index is 875. The van der Waals surface area contributed by atoms with Gasteiger partial charge in [-0.05, 0) is 45.0 Å². The average Bonchev–Trinajstić information content (AvgIpc) is 2.85. The monoisotopic (exact) mass is 293 g/mol. The highest BCUT2D eigenvalue weighted by Crippen LogP contribution is 2.36. The van der Waals surface area contributed by atoms with Crippen molar-refractivity contribution in [2.75, 3.05) is 7.11 Å². The van der Waals surface area contributed by atoms with E-state index in [0.29, 0.717) is 0 Å². The summed E-state index contributed by atoms with van der Waals surface area (Å²) in [6.45, 7) is 5.67. The van der Waals surface area contributed by atoms with Crippen molar-refractivity contribution in [3.05, 3.63) is 53.1 Å². The zero-order valence-electron chi connectivity index (χ0n) is 13.3. The standard InChI is InChI=1S/C19H19NO2/c1-11-5-7-16-14(9-11)18(13(3)21)19(20-16)15-10-12(2)6-8-17(15)22-4/h5-10,20H,1-4H3. The third kappa shape index (κ3) is 2.29. The molecule has 1 heterocycles. The topological polar surface area (TPSA) is 42.1 Å². The van der Waals surface area contributed by atoms with Gasteiger partial charge in [-0.15, -0.1) is 0 Å². The number of ether oxygens (including phenoxy) is 1. The lowest BCUT2D eigenvalue weighted by Gasteiger charge is -2.09. The first kappa shape index (κ1) is 14.4. The van der Waals surface area contributed by atoms with Crippen LogP contribution in [0.1, 0.15) is 28.4 Å². The Kier molecular flexibility index (Phi) is 3.49. The molecule has 0 radical (unpaired) electrons. The molecule has 112 valence electrons. The van der Waals surface area contributed by atoms with Crippen molar-refractivity contribution in [1.82, 2.24) is 4.98 Å². The number of ketones is 1. The van der Waals surface area contributed by atoms with E-state index >= 15 is 0 Å². The van der Waals surface area contributed by atoms with Crippen LogP contribution in [0.25, 0.3) is 22.2 Å². The van der Waals surface area contributed by atoms with Crippen LogP contribution < -0.4 is 4.74 Å². The number of rotatable bonds is 3. The van der Waals surface area contributed by atoms with E-state index in [4.69, 9.17) is 4.74 Å². The van der Waals surface area contributed by atoms with Gasteiger partial charge in [-0.25, -0.2) is 0 Å². The van der Waals surface area contributed by atoms with E-state index < -0.39 is 0 Å². The highest BCUT2D eigenvalue weighted by molar-refractivity contribution is 6.12. The van der Waals surface area contributed by atoms with Gasteiger partial charge in [-0.1, -0.05) is 23.3 Å². The fourth-order valence-electron chi connectivity index (χ4n) is 2.89. The van der Waals surface area contributed by atoms with Crippen LogP contribution in [0.5, 0.6) is 5.75 Å². The molecule has 1 aromatic heterocycles. The van der Waals surface area contributed by atoms with Gasteiger partial charge in [0.05, 0.1) is 18.4 Å². The largest absolute Gasteiger partial charge is 0.496 e. The number of aromatic amines is 1. The number of nitrogens with one attached hydrogen (secondary N) is 1. The van der Waals surface area contributed by atoms with Crippen LogP contribution in [-0.2, 0) is 0 Å². The zero-order chi connectivity index (χ0) is 15.9. The van der Waals surface area contributed by atoms with E-state index in [1.807, 2.05) is 50.2 Å². The summed E-state index contributed by atoms with van der Waals surface area (Å²) in [7, 11) is 1.65. The maximum atomic E-state index is 12.2. The number of hydrogen-bond acceptors (Lipinski definition) is 2. The molecule has 3 heteroatoms. The number of benzene rings is 2. The molecule has 3 nitrogen and oxygen atoms in total. The molecule has 0 fully saturated rings. The van der Waals surface area contributed by atoms with Crippen LogP contribution in [0.15, 0.2) is 36.4 Å². The maximum absolute atomic E-state index is 12.2. The highest BCUT2D eigenvalue weighted by Gasteiger charge is 2.19. The third-order valence-corrected chi connectivity index (χ3v) is 3.93. The predicted molar refractivity (Wildman–Crippen MR) is 89.8 cm³/mol. The lowest BCUT2D eigenvalue weighted by molar-refractivity contribution is 0.102. The van der Waals surface area contributed by atoms with E-state index in [-0.39, 0.29) is 5.78 Å². The Hall–Kier alpha value is -2.55. The van der Waals surface area contributed by atoms with Gasteiger partial charge < -0.3 is 9.72 Å². The summed E-state index contributed by atoms with van der Waals surface area (Å²) in [6.07, 6.45) is 0. The van der Waals surface area contributed by atoms with Gasteiger partial charge in [-0.3, -0.25) is 4.79 Å². The van der Waals surface area contributed by atoms with E-state index in [1.165, 1.54) is 0 Å². The first-order valence-electron chi connectivity index (χ1n) is 7.29. The van der Waals surface area contributed by atoms with E-state index in [2.05, 4.69) is 4.98 Å². The number of aromatic nitrogens is 1. The normalized spacial score (nSPS) is 10.9. The minimum atomic E-state index is 0.0513. The van der Waals surface area contributed by atoms with Crippen molar-refractivity contribution in [1.29, 1.82) is 0 Å². The molecule has 0 aliphatic carbocycles. The van der Waals surface area contributed by atoms with Crippen LogP contribution in [-0.4, -0.2) is 17.9 Å². The Morgan fingerprint density at radius 3 is 2.41 bits per heavy atom. The van der Waals surface area contributed by atoms with E-state index in [9.17, 15) is 4.79 Å². The van der Waals surface area contributed by atoms with Gasteiger partial charge in [0.2, 0.25) is 0 Å². The number of fused-ring (bicyclic) bond motifs is 1. The molecule has 0 bridgehead atoms. The molecule has 0 saturated heterocycles. The Morgan fingerprint density at radius 2 is 1.73 bits per heavy atom. The van der Waals surface area contributed by atoms with Crippen molar-refractivity contribution >= 4 is 16.7 Å². The second kappa shape index (κ2) is 5.34. The molecule has 0 amide bonds. The quantitative estimate of drug-likeness (QED) is 0.713. The van der Waals surface area contributed by atoms with Gasteiger partial charge in [0.25, 0.3) is 0 Å². The molecule has 0 atom stereocenters. The molecule has 0 aliphatic heterocycles. The van der Waals surface area contributed by atoms with Gasteiger partial charge in [0.1, 0.15) is 5.75 Å². The molecular formula is C19H19NO2. The lowest BCUT2D eigenvalue weighted by Crippen LogP contribution is -1.96. The fourth-order valence-corrected chi connectivity index (χ4v) is 2.89. The van der Waals surface area contributed by atoms with Crippen molar-refractivity contribution in [2.45, 2.75) is 20.8 Å². The predicted octanol–water partition coefficient (Wildman–Crippen LogP) is 4.66. The van der Waals surface area contributed by atoms with Gasteiger partial charge in [0.15, 0.2) is 5.78 Å². The first-order valence-corrected chi connectivity index (χ1v) is 7.29. The molecule has 0 spiro atoms. The smallest absolute Gasteiger partial charge is 0.162 e. The van der Waals surface area contributed by atoms with Crippen LogP contribution in [0, 0.1) is 13.8 Å². The SMILES string of the molecule is COc1ccc(C)cc1-c1[nH]c2ccc(C)cc2c1C(C)=O. The number of hydrogen-bond donors (Lipinski definition) is 1. The number of carbonyl (C=O) groups excluding carboxylic acids is 1. The van der Waals surface area contributed by atoms with E-state index in [1.54, 1.807) is 14.0 Å². The summed E-state index contributed by atoms with van der Waals surface area (Å²) in [5, 5.41) is 0.964. The molecule has 3 aromatic rings. The summed E-state index contributed by atoms with van der Waals surface area (Å²) < 4.78 is 5.48. The summed E-state index contributed by atoms with van der Waals surface area (Å²) >= 11 is 0. The zero-order valence-corrected chi connectivity index (χ0v) is 13.3. The Balaban J connectivity index is 2.38. The van der Waals surface area contributed by atoms with Crippen LogP contribution in [0.4, 0.5) is 0 Å². The summed E-state index contributed by atoms with van der Waals surface area (Å²) in [6, 6.07) is 12.1. The number of carbonyl (C=O) groups is 1. The van der Waals surface area contributed by atoms with E-state index in [0.717, 1.165) is 44.6 Å². The molecule has 2 aromatic carbocycles. The van der Waals surface area contributed by atoms with Crippen molar-refractivity contribution in [2.24, 2.45) is 0 Å². The second-order valence-corrected chi connectivity index (χ2v) is 5.68. The van der Waals surface area contributed by atoms with Gasteiger partial charge in [0, 0.05) is 16.5 Å². The first-order chi connectivity index (χ1) is 10.5. The minimum Gasteiger partial charge on any atom is -0.496 e. The van der Waals surface area contributed by atoms with Crippen molar-refractivity contribution in [3.63, 3.8) is 0 Å². The molecular weight excluding hydrogens is 274 g/mol. The molecule has 0 unspecified atom stereocenters. The Labute approximate surface area is 129 Å². The van der Waals surface area contributed by atoms with Gasteiger partial charge in [-0.2, -0.15) is 0 Å². The molecule has 22 heavy (non-hydrogen) atoms. The molecule has 0 saturated carbocycles. The third-order valence-electron chi connectivity index (χ3n) is 3.93. The van der Waals surface area contributed by atoms with Crippen molar-refractivity contribution < 1.29 is 9.53 Å². The van der Waals surface area contributed by atoms with Gasteiger partial charge >= 0.3 is 0 Å². The molecule has 3 rings (SSSR count). The highest BCUT2D eigenvalue weighted by atomic mass is 16.5. The number of aryl methyl sites for hydroxylation is 2. The van der Waals surface area contributed by atoms with Crippen LogP contribution in [0.3, 0.4) is 0 Å². The fraction of sp³-hybridized carbons (Fsp3) is 0.211. The average molecular weight is 293 g/mol. The summed E-state index contributed by atoms with van der Waals surface area (Å²) in [4.78, 5) is 15.6. The Morgan fingerprint density at radius 1 is 1.05 bits per heavy atom. The maximum Gasteiger partial charge on any atom is 0.162 e. The lowest BCUT2D eigenvalue weighted by atomic mass is 10.00. The number of H-pyrrole nitrogens is 1. The summed E-state index contributed by atoms with van der Waals surface area (Å²) in [5.74, 6) is 0.812. The number of methoxy groups -OCH3 is 1. The second-order valence-electron chi connectivity index (χ2n) is 5.68. The van der Waals surface area contributed by atoms with Crippen LogP contribution in [0.2, 0.25) is 0 Å². The van der Waals surface area contributed by atoms with Crippen molar-refractivity contribution in [3.8, 4) is 17.0 Å². The molecule has 1 N–H and O–H groups in total. The molecule has 0 aliphatic rings. The minimum absolute atomic E-state index is 0.0513. The van der Waals surface area contributed by atoms with Crippen LogP contribution >= 0.6 is 0 Å². The summed E-state index contributed by atoms with van der Waals surface area (Å²) in [5.41, 5.74) is 5.70.